The van der Waals surface area contributed by atoms with Crippen molar-refractivity contribution in [2.24, 2.45) is 5.73 Å². The maximum Gasteiger partial charge on any atom is 0.228 e. The maximum atomic E-state index is 11.3. The number of rotatable bonds is 5. The molecule has 4 nitrogen and oxygen atoms in total. The van der Waals surface area contributed by atoms with Crippen LogP contribution in [0, 0.1) is 0 Å². The highest BCUT2D eigenvalue weighted by atomic mass is 16.2. The molecule has 0 saturated carbocycles. The van der Waals surface area contributed by atoms with Crippen LogP contribution in [0.25, 0.3) is 0 Å². The smallest absolute Gasteiger partial charge is 0.228 e. The Kier molecular flexibility index (Phi) is 4.08. The Bertz CT molecular complexity index is 409. The van der Waals surface area contributed by atoms with Gasteiger partial charge in [0.15, 0.2) is 5.78 Å². The molecule has 0 aliphatic heterocycles. The summed E-state index contributed by atoms with van der Waals surface area (Å²) >= 11 is 0. The number of benzene rings is 1. The fourth-order valence-corrected chi connectivity index (χ4v) is 1.32. The van der Waals surface area contributed by atoms with Crippen LogP contribution in [0.2, 0.25) is 0 Å². The molecular formula is C12H13NO3. The van der Waals surface area contributed by atoms with Crippen molar-refractivity contribution in [3.05, 3.63) is 35.4 Å². The van der Waals surface area contributed by atoms with Crippen molar-refractivity contribution in [2.45, 2.75) is 19.4 Å². The van der Waals surface area contributed by atoms with Crippen molar-refractivity contribution in [3.63, 3.8) is 0 Å². The zero-order valence-electron chi connectivity index (χ0n) is 8.97. The van der Waals surface area contributed by atoms with Crippen LogP contribution in [0.15, 0.2) is 24.3 Å². The maximum absolute atomic E-state index is 11.3. The van der Waals surface area contributed by atoms with Gasteiger partial charge in [0.2, 0.25) is 5.78 Å². The fourth-order valence-electron chi connectivity index (χ4n) is 1.32. The summed E-state index contributed by atoms with van der Waals surface area (Å²) in [5, 5.41) is 0. The first kappa shape index (κ1) is 12.3. The third kappa shape index (κ3) is 3.10. The highest BCUT2D eigenvalue weighted by Gasteiger charge is 2.10. The normalized spacial score (nSPS) is 11.9. The lowest BCUT2D eigenvalue weighted by atomic mass is 10.0. The summed E-state index contributed by atoms with van der Waals surface area (Å²) in [6.07, 6.45) is 1.10. The molecule has 0 spiro atoms. The quantitative estimate of drug-likeness (QED) is 0.445. The molecule has 0 aliphatic rings. The second-order valence-electron chi connectivity index (χ2n) is 3.59. The molecule has 0 unspecified atom stereocenters. The summed E-state index contributed by atoms with van der Waals surface area (Å²) in [7, 11) is 0. The summed E-state index contributed by atoms with van der Waals surface area (Å²) in [5.41, 5.74) is 6.68. The minimum atomic E-state index is -0.533. The molecule has 4 heteroatoms. The first-order valence-corrected chi connectivity index (χ1v) is 4.89. The summed E-state index contributed by atoms with van der Waals surface area (Å²) in [6, 6.07) is 5.99. The van der Waals surface area contributed by atoms with Crippen molar-refractivity contribution < 1.29 is 14.4 Å². The van der Waals surface area contributed by atoms with Crippen LogP contribution in [0.3, 0.4) is 0 Å². The average Bonchev–Trinajstić information content (AvgIpc) is 2.28. The number of Topliss-reactive ketones (excluding diaryl/α,β-unsaturated/α-hetero) is 2. The minimum Gasteiger partial charge on any atom is -0.321 e. The Labute approximate surface area is 93.4 Å². The summed E-state index contributed by atoms with van der Waals surface area (Å²) in [5.74, 6) is -0.997. The van der Waals surface area contributed by atoms with Crippen molar-refractivity contribution in [3.8, 4) is 0 Å². The van der Waals surface area contributed by atoms with Gasteiger partial charge in [0, 0.05) is 12.5 Å². The number of carbonyl (C=O) groups is 3. The third-order valence-electron chi connectivity index (χ3n) is 2.18. The molecule has 0 fully saturated rings. The molecule has 0 heterocycles. The standard InChI is InChI=1S/C12H13NO3/c1-8(15)12(16)10-4-2-9(3-5-10)6-11(13)7-14/h2-5,7,11H,6,13H2,1H3/t11-/m0/s1. The SMILES string of the molecule is CC(=O)C(=O)c1ccc(C[C@H](N)C=O)cc1. The molecule has 16 heavy (non-hydrogen) atoms. The Balaban J connectivity index is 2.79. The van der Waals surface area contributed by atoms with E-state index in [1.807, 2.05) is 0 Å². The molecule has 1 rings (SSSR count). The minimum absolute atomic E-state index is 0.357. The topological polar surface area (TPSA) is 77.2 Å². The molecule has 0 aromatic heterocycles. The van der Waals surface area contributed by atoms with Gasteiger partial charge >= 0.3 is 0 Å². The van der Waals surface area contributed by atoms with E-state index in [2.05, 4.69) is 0 Å². The highest BCUT2D eigenvalue weighted by molar-refractivity contribution is 6.42. The molecule has 0 amide bonds. The Morgan fingerprint density at radius 1 is 1.31 bits per heavy atom. The first-order valence-electron chi connectivity index (χ1n) is 4.89. The fraction of sp³-hybridized carbons (Fsp3) is 0.250. The van der Waals surface area contributed by atoms with Gasteiger partial charge in [0.05, 0.1) is 6.04 Å². The van der Waals surface area contributed by atoms with Gasteiger partial charge in [0.25, 0.3) is 0 Å². The van der Waals surface area contributed by atoms with E-state index in [0.29, 0.717) is 18.3 Å². The Morgan fingerprint density at radius 2 is 1.88 bits per heavy atom. The van der Waals surface area contributed by atoms with E-state index in [0.717, 1.165) is 5.56 Å². The van der Waals surface area contributed by atoms with Crippen LogP contribution < -0.4 is 5.73 Å². The number of hydrogen-bond acceptors (Lipinski definition) is 4. The number of nitrogens with two attached hydrogens (primary N) is 1. The van der Waals surface area contributed by atoms with Crippen LogP contribution >= 0.6 is 0 Å². The Morgan fingerprint density at radius 3 is 2.31 bits per heavy atom. The lowest BCUT2D eigenvalue weighted by Gasteiger charge is -2.04. The molecule has 84 valence electrons. The highest BCUT2D eigenvalue weighted by Crippen LogP contribution is 2.07. The van der Waals surface area contributed by atoms with Crippen LogP contribution in [0.4, 0.5) is 0 Å². The van der Waals surface area contributed by atoms with Gasteiger partial charge in [-0.2, -0.15) is 0 Å². The van der Waals surface area contributed by atoms with Crippen molar-refractivity contribution >= 4 is 17.9 Å². The number of hydrogen-bond donors (Lipinski definition) is 1. The summed E-state index contributed by atoms with van der Waals surface area (Å²) in [4.78, 5) is 32.5. The molecular weight excluding hydrogens is 206 g/mol. The predicted molar refractivity (Wildman–Crippen MR) is 59.2 cm³/mol. The number of ketones is 2. The largest absolute Gasteiger partial charge is 0.321 e. The van der Waals surface area contributed by atoms with Crippen molar-refractivity contribution in [1.82, 2.24) is 0 Å². The van der Waals surface area contributed by atoms with Gasteiger partial charge in [-0.05, 0) is 12.0 Å². The lowest BCUT2D eigenvalue weighted by molar-refractivity contribution is -0.113. The second kappa shape index (κ2) is 5.32. The molecule has 1 aromatic rings. The second-order valence-corrected chi connectivity index (χ2v) is 3.59. The van der Waals surface area contributed by atoms with Gasteiger partial charge in [-0.3, -0.25) is 9.59 Å². The lowest BCUT2D eigenvalue weighted by Crippen LogP contribution is -2.24. The van der Waals surface area contributed by atoms with Gasteiger partial charge in [0.1, 0.15) is 6.29 Å². The average molecular weight is 219 g/mol. The van der Waals surface area contributed by atoms with E-state index in [-0.39, 0.29) is 0 Å². The van der Waals surface area contributed by atoms with Gasteiger partial charge in [-0.1, -0.05) is 24.3 Å². The van der Waals surface area contributed by atoms with E-state index in [1.54, 1.807) is 24.3 Å². The van der Waals surface area contributed by atoms with Crippen molar-refractivity contribution in [1.29, 1.82) is 0 Å². The van der Waals surface area contributed by atoms with Crippen LogP contribution in [-0.2, 0) is 16.0 Å². The first-order chi connectivity index (χ1) is 7.54. The van der Waals surface area contributed by atoms with Crippen LogP contribution in [0.1, 0.15) is 22.8 Å². The molecule has 0 radical (unpaired) electrons. The molecule has 1 aromatic carbocycles. The third-order valence-corrected chi connectivity index (χ3v) is 2.18. The molecule has 1 atom stereocenters. The Hall–Kier alpha value is -1.81. The van der Waals surface area contributed by atoms with E-state index in [1.165, 1.54) is 6.92 Å². The van der Waals surface area contributed by atoms with Crippen LogP contribution in [-0.4, -0.2) is 23.9 Å². The van der Waals surface area contributed by atoms with Crippen molar-refractivity contribution in [2.75, 3.05) is 0 Å². The van der Waals surface area contributed by atoms with Crippen LogP contribution in [0.5, 0.6) is 0 Å². The van der Waals surface area contributed by atoms with Gasteiger partial charge < -0.3 is 10.5 Å². The van der Waals surface area contributed by atoms with E-state index < -0.39 is 17.6 Å². The molecule has 0 aliphatic carbocycles. The summed E-state index contributed by atoms with van der Waals surface area (Å²) in [6.45, 7) is 1.23. The van der Waals surface area contributed by atoms with E-state index >= 15 is 0 Å². The zero-order valence-corrected chi connectivity index (χ0v) is 8.97. The summed E-state index contributed by atoms with van der Waals surface area (Å²) < 4.78 is 0. The van der Waals surface area contributed by atoms with Gasteiger partial charge in [-0.25, -0.2) is 0 Å². The number of carbonyl (C=O) groups excluding carboxylic acids is 3. The molecule has 0 bridgehead atoms. The number of aldehydes is 1. The monoisotopic (exact) mass is 219 g/mol. The zero-order chi connectivity index (χ0) is 12.1. The predicted octanol–water partition coefficient (Wildman–Crippen LogP) is 0.527. The molecule has 0 saturated heterocycles. The molecule has 2 N–H and O–H groups in total. The van der Waals surface area contributed by atoms with Gasteiger partial charge in [-0.15, -0.1) is 0 Å². The van der Waals surface area contributed by atoms with E-state index in [4.69, 9.17) is 5.73 Å². The van der Waals surface area contributed by atoms with E-state index in [9.17, 15) is 14.4 Å².